The molecule has 0 aliphatic carbocycles. The second-order valence-electron chi connectivity index (χ2n) is 4.00. The summed E-state index contributed by atoms with van der Waals surface area (Å²) < 4.78 is 21.9. The molecule has 0 N–H and O–H groups in total. The summed E-state index contributed by atoms with van der Waals surface area (Å²) >= 11 is 5.27. The molecule has 2 aromatic rings. The fourth-order valence-electron chi connectivity index (χ4n) is 1.54. The largest absolute Gasteiger partial charge is 0.438 e. The number of aromatic nitrogens is 2. The van der Waals surface area contributed by atoms with E-state index in [2.05, 4.69) is 10.2 Å². The third-order valence-corrected chi connectivity index (χ3v) is 4.78. The van der Waals surface area contributed by atoms with Crippen molar-refractivity contribution in [3.05, 3.63) is 42.5 Å². The van der Waals surface area contributed by atoms with Crippen LogP contribution in [0, 0.1) is 0 Å². The third-order valence-electron chi connectivity index (χ3n) is 2.36. The second kappa shape index (κ2) is 8.19. The highest BCUT2D eigenvalue weighted by molar-refractivity contribution is 8.07. The van der Waals surface area contributed by atoms with Crippen molar-refractivity contribution in [2.75, 3.05) is 13.2 Å². The molecule has 0 saturated carbocycles. The summed E-state index contributed by atoms with van der Waals surface area (Å²) in [7, 11) is 0. The number of ether oxygens (including phenoxy) is 1. The summed E-state index contributed by atoms with van der Waals surface area (Å²) in [5, 5.41) is 7.87. The monoisotopic (exact) mass is 340 g/mol. The minimum absolute atomic E-state index is 0.241. The van der Waals surface area contributed by atoms with Gasteiger partial charge in [-0.25, -0.2) is 0 Å². The quantitative estimate of drug-likeness (QED) is 0.674. The van der Waals surface area contributed by atoms with Crippen molar-refractivity contribution in [3.63, 3.8) is 0 Å². The molecule has 1 heterocycles. The highest BCUT2D eigenvalue weighted by atomic mass is 32.5. The number of hydrogen-bond acceptors (Lipinski definition) is 7. The Balaban J connectivity index is 2.03. The average molecular weight is 340 g/mol. The van der Waals surface area contributed by atoms with Gasteiger partial charge in [0.1, 0.15) is 5.75 Å². The van der Waals surface area contributed by atoms with E-state index in [4.69, 9.17) is 30.1 Å². The lowest BCUT2D eigenvalue weighted by molar-refractivity contribution is 0.215. The normalized spacial score (nSPS) is 11.2. The molecule has 6 nitrogen and oxygen atoms in total. The topological polar surface area (TPSA) is 62.7 Å². The summed E-state index contributed by atoms with van der Waals surface area (Å²) in [6, 6.07) is 12.6. The number of para-hydroxylation sites is 1. The minimum Gasteiger partial charge on any atom is -0.438 e. The Morgan fingerprint density at radius 3 is 2.05 bits per heavy atom. The van der Waals surface area contributed by atoms with Crippen molar-refractivity contribution < 1.29 is 18.3 Å². The summed E-state index contributed by atoms with van der Waals surface area (Å²) in [6.45, 7) is 1.62. The highest BCUT2D eigenvalue weighted by Gasteiger charge is 2.22. The summed E-state index contributed by atoms with van der Waals surface area (Å²) in [5.74, 6) is 1.28. The summed E-state index contributed by atoms with van der Waals surface area (Å²) in [4.78, 5) is 0. The Kier molecular flexibility index (Phi) is 6.27. The summed E-state index contributed by atoms with van der Waals surface area (Å²) in [5.41, 5.74) is 0. The highest BCUT2D eigenvalue weighted by Crippen LogP contribution is 2.49. The average Bonchev–Trinajstić information content (AvgIpc) is 2.51. The summed E-state index contributed by atoms with van der Waals surface area (Å²) in [6.07, 6.45) is 0. The van der Waals surface area contributed by atoms with Gasteiger partial charge in [0.2, 0.25) is 11.8 Å². The maximum Gasteiger partial charge on any atom is 0.381 e. The fraction of sp³-hybridized carbons (Fsp3) is 0.286. The second-order valence-corrected chi connectivity index (χ2v) is 6.93. The van der Waals surface area contributed by atoms with Crippen molar-refractivity contribution in [2.45, 2.75) is 13.8 Å². The zero-order valence-electron chi connectivity index (χ0n) is 12.3. The van der Waals surface area contributed by atoms with Gasteiger partial charge in [0.15, 0.2) is 0 Å². The first-order valence-corrected chi connectivity index (χ1v) is 9.36. The molecule has 1 aromatic carbocycles. The van der Waals surface area contributed by atoms with Crippen molar-refractivity contribution in [2.24, 2.45) is 0 Å². The molecule has 8 heteroatoms. The van der Waals surface area contributed by atoms with Gasteiger partial charge in [-0.2, -0.15) is 0 Å². The van der Waals surface area contributed by atoms with Gasteiger partial charge in [-0.05, 0) is 26.0 Å². The molecule has 0 bridgehead atoms. The maximum atomic E-state index is 5.55. The van der Waals surface area contributed by atoms with Crippen LogP contribution < -0.4 is 9.26 Å². The Labute approximate surface area is 134 Å². The first kappa shape index (κ1) is 16.8. The molecule has 22 heavy (non-hydrogen) atoms. The molecule has 0 spiro atoms. The Hall–Kier alpha value is -1.53. The molecule has 2 rings (SSSR count). The molecule has 0 saturated heterocycles. The molecule has 0 atom stereocenters. The lowest BCUT2D eigenvalue weighted by atomic mass is 10.3. The molecule has 0 amide bonds. The SMILES string of the molecule is CCOP(=S)(OCC)Oc1ccc(Oc2ccccc2)nn1. The zero-order valence-corrected chi connectivity index (χ0v) is 14.0. The number of hydrogen-bond donors (Lipinski definition) is 0. The van der Waals surface area contributed by atoms with E-state index in [0.29, 0.717) is 24.8 Å². The number of nitrogens with zero attached hydrogens (tertiary/aromatic N) is 2. The van der Waals surface area contributed by atoms with Gasteiger partial charge in [0, 0.05) is 23.9 Å². The van der Waals surface area contributed by atoms with E-state index in [-0.39, 0.29) is 5.88 Å². The van der Waals surface area contributed by atoms with E-state index in [1.165, 1.54) is 0 Å². The molecule has 1 aromatic heterocycles. The smallest absolute Gasteiger partial charge is 0.381 e. The van der Waals surface area contributed by atoms with Gasteiger partial charge in [0.05, 0.1) is 13.2 Å². The van der Waals surface area contributed by atoms with Crippen LogP contribution in [0.2, 0.25) is 0 Å². The lowest BCUT2D eigenvalue weighted by Gasteiger charge is -2.19. The molecule has 118 valence electrons. The molecular formula is C14H17N2O4PS. The molecule has 0 fully saturated rings. The fourth-order valence-corrected chi connectivity index (χ4v) is 3.54. The van der Waals surface area contributed by atoms with Crippen LogP contribution in [0.15, 0.2) is 42.5 Å². The van der Waals surface area contributed by atoms with Gasteiger partial charge >= 0.3 is 6.72 Å². The van der Waals surface area contributed by atoms with Gasteiger partial charge in [-0.3, -0.25) is 9.05 Å². The van der Waals surface area contributed by atoms with Crippen LogP contribution in [-0.4, -0.2) is 23.4 Å². The van der Waals surface area contributed by atoms with Crippen LogP contribution in [0.25, 0.3) is 0 Å². The predicted octanol–water partition coefficient (Wildman–Crippen LogP) is 3.95. The first-order valence-electron chi connectivity index (χ1n) is 6.80. The Morgan fingerprint density at radius 2 is 1.50 bits per heavy atom. The van der Waals surface area contributed by atoms with Crippen LogP contribution >= 0.6 is 6.72 Å². The van der Waals surface area contributed by atoms with E-state index >= 15 is 0 Å². The third kappa shape index (κ3) is 5.03. The molecular weight excluding hydrogens is 323 g/mol. The molecule has 0 aliphatic heterocycles. The van der Waals surface area contributed by atoms with Gasteiger partial charge in [-0.15, -0.1) is 10.2 Å². The van der Waals surface area contributed by atoms with Crippen molar-refractivity contribution in [3.8, 4) is 17.5 Å². The zero-order chi connectivity index (χ0) is 15.8. The van der Waals surface area contributed by atoms with Gasteiger partial charge in [-0.1, -0.05) is 18.2 Å². The van der Waals surface area contributed by atoms with Crippen molar-refractivity contribution >= 4 is 18.5 Å². The lowest BCUT2D eigenvalue weighted by Crippen LogP contribution is -2.03. The van der Waals surface area contributed by atoms with E-state index in [0.717, 1.165) is 0 Å². The minimum atomic E-state index is -2.83. The van der Waals surface area contributed by atoms with Crippen LogP contribution in [0.4, 0.5) is 0 Å². The van der Waals surface area contributed by atoms with E-state index < -0.39 is 6.72 Å². The van der Waals surface area contributed by atoms with Crippen molar-refractivity contribution in [1.29, 1.82) is 0 Å². The predicted molar refractivity (Wildman–Crippen MR) is 86.7 cm³/mol. The van der Waals surface area contributed by atoms with Crippen LogP contribution in [-0.2, 0) is 20.9 Å². The maximum absolute atomic E-state index is 5.55. The molecule has 0 aliphatic rings. The molecule has 0 radical (unpaired) electrons. The van der Waals surface area contributed by atoms with E-state index in [1.807, 2.05) is 44.2 Å². The molecule has 0 unspecified atom stereocenters. The van der Waals surface area contributed by atoms with Gasteiger partial charge < -0.3 is 9.26 Å². The van der Waals surface area contributed by atoms with Crippen LogP contribution in [0.1, 0.15) is 13.8 Å². The van der Waals surface area contributed by atoms with E-state index in [1.54, 1.807) is 12.1 Å². The Morgan fingerprint density at radius 1 is 0.909 bits per heavy atom. The number of benzene rings is 1. The van der Waals surface area contributed by atoms with E-state index in [9.17, 15) is 0 Å². The Bertz CT molecular complexity index is 614. The number of rotatable bonds is 8. The first-order chi connectivity index (χ1) is 10.6. The van der Waals surface area contributed by atoms with Crippen LogP contribution in [0.5, 0.6) is 17.5 Å². The van der Waals surface area contributed by atoms with Crippen LogP contribution in [0.3, 0.4) is 0 Å². The standard InChI is InChI=1S/C14H17N2O4PS/c1-3-17-21(22,18-4-2)20-14-11-10-13(15-16-14)19-12-8-6-5-7-9-12/h5-11H,3-4H2,1-2H3. The van der Waals surface area contributed by atoms with Crippen molar-refractivity contribution in [1.82, 2.24) is 10.2 Å². The van der Waals surface area contributed by atoms with Gasteiger partial charge in [0.25, 0.3) is 0 Å².